The molecule has 2 aromatic heterocycles. The van der Waals surface area contributed by atoms with Crippen molar-refractivity contribution in [3.05, 3.63) is 40.4 Å². The summed E-state index contributed by atoms with van der Waals surface area (Å²) in [6.45, 7) is 1.82. The smallest absolute Gasteiger partial charge is 0.142 e. The summed E-state index contributed by atoms with van der Waals surface area (Å²) < 4.78 is 0. The molecule has 0 spiro atoms. The van der Waals surface area contributed by atoms with E-state index in [1.165, 1.54) is 4.80 Å². The van der Waals surface area contributed by atoms with Gasteiger partial charge in [-0.1, -0.05) is 17.7 Å². The van der Waals surface area contributed by atoms with Crippen molar-refractivity contribution in [1.29, 1.82) is 5.26 Å². The molecule has 1 aliphatic carbocycles. The number of rotatable bonds is 3. The largest absolute Gasteiger partial charge is 0.239 e. The second-order valence-corrected chi connectivity index (χ2v) is 5.67. The lowest BCUT2D eigenvalue weighted by atomic mass is 9.82. The van der Waals surface area contributed by atoms with E-state index in [1.54, 1.807) is 25.2 Å². The Bertz CT molecular complexity index is 698. The zero-order valence-corrected chi connectivity index (χ0v) is 12.1. The summed E-state index contributed by atoms with van der Waals surface area (Å²) in [7, 11) is 1.78. The highest BCUT2D eigenvalue weighted by Gasteiger charge is 2.41. The molecule has 1 saturated carbocycles. The van der Waals surface area contributed by atoms with E-state index < -0.39 is 5.41 Å². The van der Waals surface area contributed by atoms with Gasteiger partial charge in [0.1, 0.15) is 16.3 Å². The Morgan fingerprint density at radius 3 is 2.75 bits per heavy atom. The lowest BCUT2D eigenvalue weighted by Crippen LogP contribution is -2.25. The molecular formula is C14H14ClN5. The van der Waals surface area contributed by atoms with Gasteiger partial charge >= 0.3 is 0 Å². The maximum Gasteiger partial charge on any atom is 0.142 e. The summed E-state index contributed by atoms with van der Waals surface area (Å²) in [5.74, 6) is 0.422. The van der Waals surface area contributed by atoms with Crippen LogP contribution in [0, 0.1) is 11.3 Å². The first kappa shape index (κ1) is 13.1. The average Bonchev–Trinajstić information content (AvgIpc) is 3.20. The molecule has 1 atom stereocenters. The van der Waals surface area contributed by atoms with Crippen LogP contribution in [0.2, 0.25) is 5.15 Å². The van der Waals surface area contributed by atoms with E-state index in [0.717, 1.165) is 18.5 Å². The van der Waals surface area contributed by atoms with Crippen LogP contribution in [0.5, 0.6) is 0 Å². The third kappa shape index (κ3) is 2.06. The van der Waals surface area contributed by atoms with E-state index >= 15 is 0 Å². The molecule has 0 aromatic carbocycles. The Morgan fingerprint density at radius 1 is 1.40 bits per heavy atom. The molecule has 1 fully saturated rings. The molecule has 0 saturated heterocycles. The van der Waals surface area contributed by atoms with Gasteiger partial charge in [-0.3, -0.25) is 0 Å². The summed E-state index contributed by atoms with van der Waals surface area (Å²) in [4.78, 5) is 5.82. The standard InChI is InChI=1S/C14H14ClN5/c1-14(8-16,10-4-3-5-11(15)17-10)13-12(9-6-7-9)18-20(2)19-13/h3-5,9H,6-7H2,1-2H3. The monoisotopic (exact) mass is 287 g/mol. The van der Waals surface area contributed by atoms with Crippen molar-refractivity contribution in [2.45, 2.75) is 31.1 Å². The van der Waals surface area contributed by atoms with Crippen molar-refractivity contribution < 1.29 is 0 Å². The molecule has 102 valence electrons. The lowest BCUT2D eigenvalue weighted by molar-refractivity contribution is 0.612. The van der Waals surface area contributed by atoms with Gasteiger partial charge in [-0.25, -0.2) is 4.98 Å². The lowest BCUT2D eigenvalue weighted by Gasteiger charge is -2.19. The van der Waals surface area contributed by atoms with E-state index in [4.69, 9.17) is 11.6 Å². The second-order valence-electron chi connectivity index (χ2n) is 5.28. The second kappa shape index (κ2) is 4.57. The van der Waals surface area contributed by atoms with Crippen LogP contribution < -0.4 is 0 Å². The molecule has 1 unspecified atom stereocenters. The number of hydrogen-bond donors (Lipinski definition) is 0. The van der Waals surface area contributed by atoms with Crippen LogP contribution in [-0.2, 0) is 12.5 Å². The van der Waals surface area contributed by atoms with Crippen LogP contribution in [-0.4, -0.2) is 20.0 Å². The fourth-order valence-corrected chi connectivity index (χ4v) is 2.49. The maximum atomic E-state index is 9.71. The minimum absolute atomic E-state index is 0.376. The highest BCUT2D eigenvalue weighted by molar-refractivity contribution is 6.29. The van der Waals surface area contributed by atoms with Crippen molar-refractivity contribution >= 4 is 11.6 Å². The predicted molar refractivity (Wildman–Crippen MR) is 74.3 cm³/mol. The van der Waals surface area contributed by atoms with Gasteiger partial charge in [0.2, 0.25) is 0 Å². The van der Waals surface area contributed by atoms with E-state index in [9.17, 15) is 5.26 Å². The van der Waals surface area contributed by atoms with Crippen LogP contribution in [0.25, 0.3) is 0 Å². The Labute approximate surface area is 122 Å². The van der Waals surface area contributed by atoms with E-state index in [-0.39, 0.29) is 0 Å². The highest BCUT2D eigenvalue weighted by atomic mass is 35.5. The molecule has 1 aliphatic rings. The first-order chi connectivity index (χ1) is 9.54. The highest BCUT2D eigenvalue weighted by Crippen LogP contribution is 2.44. The Hall–Kier alpha value is -1.93. The number of halogens is 1. The average molecular weight is 288 g/mol. The summed E-state index contributed by atoms with van der Waals surface area (Å²) in [6.07, 6.45) is 2.21. The molecule has 5 nitrogen and oxygen atoms in total. The molecule has 0 radical (unpaired) electrons. The molecule has 6 heteroatoms. The van der Waals surface area contributed by atoms with Gasteiger partial charge in [-0.05, 0) is 31.9 Å². The van der Waals surface area contributed by atoms with Crippen molar-refractivity contribution in [2.75, 3.05) is 0 Å². The molecule has 0 N–H and O–H groups in total. The quantitative estimate of drug-likeness (QED) is 0.814. The first-order valence-corrected chi connectivity index (χ1v) is 6.88. The Morgan fingerprint density at radius 2 is 2.15 bits per heavy atom. The SMILES string of the molecule is Cn1nc(C2CC2)c(C(C)(C#N)c2cccc(Cl)n2)n1. The maximum absolute atomic E-state index is 9.71. The van der Waals surface area contributed by atoms with Crippen LogP contribution in [0.4, 0.5) is 0 Å². The van der Waals surface area contributed by atoms with Gasteiger partial charge in [-0.2, -0.15) is 20.3 Å². The van der Waals surface area contributed by atoms with E-state index in [0.29, 0.717) is 22.5 Å². The minimum atomic E-state index is -0.933. The van der Waals surface area contributed by atoms with Crippen molar-refractivity contribution in [2.24, 2.45) is 7.05 Å². The van der Waals surface area contributed by atoms with Crippen molar-refractivity contribution in [3.63, 3.8) is 0 Å². The van der Waals surface area contributed by atoms with Gasteiger partial charge in [0, 0.05) is 13.0 Å². The number of aromatic nitrogens is 4. The number of nitrogens with zero attached hydrogens (tertiary/aromatic N) is 5. The number of hydrogen-bond acceptors (Lipinski definition) is 4. The molecule has 20 heavy (non-hydrogen) atoms. The fourth-order valence-electron chi connectivity index (χ4n) is 2.33. The van der Waals surface area contributed by atoms with Crippen molar-refractivity contribution in [1.82, 2.24) is 20.0 Å². The molecular weight excluding hydrogens is 274 g/mol. The summed E-state index contributed by atoms with van der Waals surface area (Å²) in [6, 6.07) is 7.64. The fraction of sp³-hybridized carbons (Fsp3) is 0.429. The predicted octanol–water partition coefficient (Wildman–Crippen LogP) is 2.57. The van der Waals surface area contributed by atoms with Gasteiger partial charge < -0.3 is 0 Å². The number of pyridine rings is 1. The third-order valence-electron chi connectivity index (χ3n) is 3.63. The summed E-state index contributed by atoms with van der Waals surface area (Å²) in [5.41, 5.74) is 1.28. The van der Waals surface area contributed by atoms with Gasteiger partial charge in [0.05, 0.1) is 17.5 Å². The summed E-state index contributed by atoms with van der Waals surface area (Å²) >= 11 is 5.95. The molecule has 0 amide bonds. The van der Waals surface area contributed by atoms with Crippen LogP contribution in [0.3, 0.4) is 0 Å². The van der Waals surface area contributed by atoms with Gasteiger partial charge in [-0.15, -0.1) is 0 Å². The molecule has 0 bridgehead atoms. The third-order valence-corrected chi connectivity index (χ3v) is 3.84. The topological polar surface area (TPSA) is 67.4 Å². The van der Waals surface area contributed by atoms with Crippen LogP contribution in [0.15, 0.2) is 18.2 Å². The zero-order chi connectivity index (χ0) is 14.3. The number of aryl methyl sites for hydroxylation is 1. The molecule has 3 rings (SSSR count). The Kier molecular flexibility index (Phi) is 2.98. The Balaban J connectivity index is 2.16. The molecule has 2 aromatic rings. The first-order valence-electron chi connectivity index (χ1n) is 6.50. The molecule has 2 heterocycles. The van der Waals surface area contributed by atoms with Gasteiger partial charge in [0.15, 0.2) is 0 Å². The molecule has 0 aliphatic heterocycles. The van der Waals surface area contributed by atoms with E-state index in [2.05, 4.69) is 21.3 Å². The van der Waals surface area contributed by atoms with Crippen molar-refractivity contribution in [3.8, 4) is 6.07 Å². The normalized spacial score (nSPS) is 17.5. The van der Waals surface area contributed by atoms with Crippen LogP contribution >= 0.6 is 11.6 Å². The van der Waals surface area contributed by atoms with Crippen LogP contribution in [0.1, 0.15) is 42.8 Å². The van der Waals surface area contributed by atoms with E-state index in [1.807, 2.05) is 6.92 Å². The zero-order valence-electron chi connectivity index (χ0n) is 11.3. The number of nitriles is 1. The summed E-state index contributed by atoms with van der Waals surface area (Å²) in [5, 5.41) is 18.9. The minimum Gasteiger partial charge on any atom is -0.239 e. The van der Waals surface area contributed by atoms with Gasteiger partial charge in [0.25, 0.3) is 0 Å².